The Kier molecular flexibility index (Phi) is 4.16. The summed E-state index contributed by atoms with van der Waals surface area (Å²) in [5.74, 6) is 1.06. The average molecular weight is 208 g/mol. The number of ether oxygens (including phenoxy) is 1. The molecule has 3 nitrogen and oxygen atoms in total. The maximum absolute atomic E-state index is 10.1. The Morgan fingerprint density at radius 1 is 1.33 bits per heavy atom. The van der Waals surface area contributed by atoms with Crippen molar-refractivity contribution < 1.29 is 14.6 Å². The smallest absolute Gasteiger partial charge is 0.125 e. The molecular formula is C12H16O3. The van der Waals surface area contributed by atoms with Crippen LogP contribution in [0.4, 0.5) is 0 Å². The predicted octanol–water partition coefficient (Wildman–Crippen LogP) is 2.37. The van der Waals surface area contributed by atoms with Gasteiger partial charge in [0.1, 0.15) is 17.8 Å². The molecule has 1 rings (SSSR count). The molecule has 0 fully saturated rings. The topological polar surface area (TPSA) is 46.5 Å². The minimum atomic E-state index is 0.255. The van der Waals surface area contributed by atoms with E-state index in [0.717, 1.165) is 29.6 Å². The van der Waals surface area contributed by atoms with Crippen molar-refractivity contribution in [3.05, 3.63) is 23.3 Å². The van der Waals surface area contributed by atoms with E-state index in [1.807, 2.05) is 13.8 Å². The first-order chi connectivity index (χ1) is 7.15. The van der Waals surface area contributed by atoms with E-state index in [1.54, 1.807) is 12.1 Å². The van der Waals surface area contributed by atoms with E-state index in [9.17, 15) is 9.90 Å². The van der Waals surface area contributed by atoms with Crippen LogP contribution in [-0.2, 0) is 4.79 Å². The van der Waals surface area contributed by atoms with Gasteiger partial charge in [-0.3, -0.25) is 0 Å². The molecule has 0 saturated carbocycles. The van der Waals surface area contributed by atoms with Crippen LogP contribution in [0.15, 0.2) is 12.1 Å². The highest BCUT2D eigenvalue weighted by Gasteiger charge is 2.05. The molecule has 0 aliphatic carbocycles. The Morgan fingerprint density at radius 2 is 1.93 bits per heavy atom. The number of aromatic hydroxyl groups is 1. The molecule has 1 aromatic rings. The van der Waals surface area contributed by atoms with Crippen molar-refractivity contribution in [2.75, 3.05) is 6.61 Å². The number of aldehydes is 1. The molecule has 15 heavy (non-hydrogen) atoms. The summed E-state index contributed by atoms with van der Waals surface area (Å²) in [5, 5.41) is 9.33. The fraction of sp³-hybridized carbons (Fsp3) is 0.417. The van der Waals surface area contributed by atoms with Crippen LogP contribution in [-0.4, -0.2) is 18.0 Å². The van der Waals surface area contributed by atoms with Gasteiger partial charge in [-0.1, -0.05) is 0 Å². The molecule has 0 bridgehead atoms. The fourth-order valence-electron chi connectivity index (χ4n) is 1.50. The molecule has 82 valence electrons. The molecule has 0 radical (unpaired) electrons. The second-order valence-corrected chi connectivity index (χ2v) is 3.57. The zero-order valence-electron chi connectivity index (χ0n) is 9.12. The van der Waals surface area contributed by atoms with Crippen LogP contribution in [0.25, 0.3) is 0 Å². The first kappa shape index (κ1) is 11.6. The van der Waals surface area contributed by atoms with Gasteiger partial charge < -0.3 is 14.6 Å². The quantitative estimate of drug-likeness (QED) is 0.597. The van der Waals surface area contributed by atoms with Gasteiger partial charge in [-0.2, -0.15) is 0 Å². The van der Waals surface area contributed by atoms with Gasteiger partial charge in [0.15, 0.2) is 0 Å². The fourth-order valence-corrected chi connectivity index (χ4v) is 1.50. The minimum absolute atomic E-state index is 0.255. The summed E-state index contributed by atoms with van der Waals surface area (Å²) in [7, 11) is 0. The maximum atomic E-state index is 10.1. The lowest BCUT2D eigenvalue weighted by molar-refractivity contribution is -0.108. The summed E-state index contributed by atoms with van der Waals surface area (Å²) in [4.78, 5) is 10.1. The third-order valence-electron chi connectivity index (χ3n) is 2.16. The van der Waals surface area contributed by atoms with Gasteiger partial charge in [-0.25, -0.2) is 0 Å². The van der Waals surface area contributed by atoms with E-state index in [0.29, 0.717) is 13.0 Å². The summed E-state index contributed by atoms with van der Waals surface area (Å²) in [6, 6.07) is 3.34. The monoisotopic (exact) mass is 208 g/mol. The molecule has 0 unspecified atom stereocenters. The van der Waals surface area contributed by atoms with E-state index >= 15 is 0 Å². The highest BCUT2D eigenvalue weighted by molar-refractivity contribution is 5.49. The lowest BCUT2D eigenvalue weighted by Gasteiger charge is -2.11. The second kappa shape index (κ2) is 5.39. The molecular weight excluding hydrogens is 192 g/mol. The summed E-state index contributed by atoms with van der Waals surface area (Å²) < 4.78 is 5.55. The average Bonchev–Trinajstić information content (AvgIpc) is 2.15. The number of phenolic OH excluding ortho intramolecular Hbond substituents is 1. The standard InChI is InChI=1S/C12H16O3/c1-9-7-11(14)8-10(2)12(9)15-6-4-3-5-13/h5,7-8,14H,3-4,6H2,1-2H3. The molecule has 0 atom stereocenters. The van der Waals surface area contributed by atoms with E-state index in [1.165, 1.54) is 0 Å². The van der Waals surface area contributed by atoms with Crippen molar-refractivity contribution in [3.63, 3.8) is 0 Å². The third-order valence-corrected chi connectivity index (χ3v) is 2.16. The number of unbranched alkanes of at least 4 members (excludes halogenated alkanes) is 1. The normalized spacial score (nSPS) is 10.0. The van der Waals surface area contributed by atoms with Gasteiger partial charge >= 0.3 is 0 Å². The van der Waals surface area contributed by atoms with E-state index in [2.05, 4.69) is 0 Å². The molecule has 0 saturated heterocycles. The lowest BCUT2D eigenvalue weighted by Crippen LogP contribution is -2.00. The van der Waals surface area contributed by atoms with Crippen molar-refractivity contribution in [3.8, 4) is 11.5 Å². The maximum Gasteiger partial charge on any atom is 0.125 e. The van der Waals surface area contributed by atoms with Crippen LogP contribution in [0.3, 0.4) is 0 Å². The Labute approximate surface area is 89.7 Å². The van der Waals surface area contributed by atoms with Crippen LogP contribution in [0, 0.1) is 13.8 Å². The van der Waals surface area contributed by atoms with Gasteiger partial charge in [0.05, 0.1) is 6.61 Å². The first-order valence-electron chi connectivity index (χ1n) is 5.02. The predicted molar refractivity (Wildman–Crippen MR) is 58.4 cm³/mol. The number of rotatable bonds is 5. The molecule has 1 aromatic carbocycles. The molecule has 0 heterocycles. The highest BCUT2D eigenvalue weighted by Crippen LogP contribution is 2.27. The molecule has 0 spiro atoms. The van der Waals surface area contributed by atoms with Crippen molar-refractivity contribution in [1.82, 2.24) is 0 Å². The first-order valence-corrected chi connectivity index (χ1v) is 5.02. The molecule has 0 aliphatic rings. The summed E-state index contributed by atoms with van der Waals surface area (Å²) in [5.41, 5.74) is 1.83. The van der Waals surface area contributed by atoms with Gasteiger partial charge in [-0.15, -0.1) is 0 Å². The van der Waals surface area contributed by atoms with Gasteiger partial charge in [0.25, 0.3) is 0 Å². The SMILES string of the molecule is Cc1cc(O)cc(C)c1OCCCC=O. The van der Waals surface area contributed by atoms with Gasteiger partial charge in [-0.05, 0) is 43.5 Å². The molecule has 0 aromatic heterocycles. The molecule has 3 heteroatoms. The van der Waals surface area contributed by atoms with Gasteiger partial charge in [0.2, 0.25) is 0 Å². The summed E-state index contributed by atoms with van der Waals surface area (Å²) >= 11 is 0. The lowest BCUT2D eigenvalue weighted by atomic mass is 10.1. The van der Waals surface area contributed by atoms with Crippen molar-refractivity contribution in [1.29, 1.82) is 0 Å². The number of benzene rings is 1. The summed E-state index contributed by atoms with van der Waals surface area (Å²) in [6.45, 7) is 4.31. The number of carbonyl (C=O) groups excluding carboxylic acids is 1. The number of aryl methyl sites for hydroxylation is 2. The van der Waals surface area contributed by atoms with Gasteiger partial charge in [0, 0.05) is 6.42 Å². The third kappa shape index (κ3) is 3.27. The van der Waals surface area contributed by atoms with Crippen molar-refractivity contribution in [2.24, 2.45) is 0 Å². The van der Waals surface area contributed by atoms with E-state index in [4.69, 9.17) is 4.74 Å². The Hall–Kier alpha value is -1.51. The van der Waals surface area contributed by atoms with Crippen LogP contribution in [0.1, 0.15) is 24.0 Å². The van der Waals surface area contributed by atoms with E-state index < -0.39 is 0 Å². The van der Waals surface area contributed by atoms with Crippen LogP contribution < -0.4 is 4.74 Å². The molecule has 1 N–H and O–H groups in total. The van der Waals surface area contributed by atoms with E-state index in [-0.39, 0.29) is 5.75 Å². The zero-order valence-corrected chi connectivity index (χ0v) is 9.12. The second-order valence-electron chi connectivity index (χ2n) is 3.57. The number of phenols is 1. The Bertz CT molecular complexity index is 322. The van der Waals surface area contributed by atoms with Crippen molar-refractivity contribution in [2.45, 2.75) is 26.7 Å². The summed E-state index contributed by atoms with van der Waals surface area (Å²) in [6.07, 6.45) is 2.14. The number of carbonyl (C=O) groups is 1. The molecule has 0 aliphatic heterocycles. The van der Waals surface area contributed by atoms with Crippen LogP contribution >= 0.6 is 0 Å². The minimum Gasteiger partial charge on any atom is -0.508 e. The largest absolute Gasteiger partial charge is 0.508 e. The Balaban J connectivity index is 2.64. The number of hydrogen-bond donors (Lipinski definition) is 1. The number of hydrogen-bond acceptors (Lipinski definition) is 3. The van der Waals surface area contributed by atoms with Crippen LogP contribution in [0.2, 0.25) is 0 Å². The van der Waals surface area contributed by atoms with Crippen molar-refractivity contribution >= 4 is 6.29 Å². The molecule has 0 amide bonds. The van der Waals surface area contributed by atoms with Crippen LogP contribution in [0.5, 0.6) is 11.5 Å². The highest BCUT2D eigenvalue weighted by atomic mass is 16.5. The Morgan fingerprint density at radius 3 is 2.47 bits per heavy atom. The zero-order chi connectivity index (χ0) is 11.3.